The van der Waals surface area contributed by atoms with Crippen LogP contribution < -0.4 is 0 Å². The fourth-order valence-corrected chi connectivity index (χ4v) is 3.60. The van der Waals surface area contributed by atoms with Gasteiger partial charge in [-0.15, -0.1) is 0 Å². The molecule has 26 heavy (non-hydrogen) atoms. The maximum absolute atomic E-state index is 14.5. The molecule has 0 atom stereocenters. The van der Waals surface area contributed by atoms with Crippen molar-refractivity contribution in [3.63, 3.8) is 0 Å². The van der Waals surface area contributed by atoms with Gasteiger partial charge < -0.3 is 9.30 Å². The lowest BCUT2D eigenvalue weighted by atomic mass is 10.0. The van der Waals surface area contributed by atoms with Crippen LogP contribution in [0.3, 0.4) is 0 Å². The summed E-state index contributed by atoms with van der Waals surface area (Å²) >= 11 is 3.28. The lowest BCUT2D eigenvalue weighted by Gasteiger charge is -2.07. The van der Waals surface area contributed by atoms with E-state index in [0.717, 1.165) is 29.4 Å². The Hall–Kier alpha value is -2.21. The quantitative estimate of drug-likeness (QED) is 0.549. The molecule has 0 amide bonds. The van der Waals surface area contributed by atoms with Crippen LogP contribution in [-0.4, -0.2) is 22.1 Å². The number of imidazole rings is 1. The first-order valence-electron chi connectivity index (χ1n) is 8.62. The normalized spacial score (nSPS) is 14.0. The zero-order chi connectivity index (χ0) is 18.4. The highest BCUT2D eigenvalue weighted by molar-refractivity contribution is 9.10. The maximum atomic E-state index is 14.5. The van der Waals surface area contributed by atoms with Crippen molar-refractivity contribution in [2.75, 3.05) is 6.61 Å². The number of halogens is 2. The predicted octanol–water partition coefficient (Wildman–Crippen LogP) is 5.20. The second-order valence-corrected chi connectivity index (χ2v) is 7.46. The maximum Gasteiger partial charge on any atom is 0.338 e. The number of aromatic nitrogens is 2. The second kappa shape index (κ2) is 6.50. The number of benzene rings is 2. The van der Waals surface area contributed by atoms with Crippen molar-refractivity contribution >= 4 is 32.9 Å². The van der Waals surface area contributed by atoms with Gasteiger partial charge in [-0.3, -0.25) is 0 Å². The van der Waals surface area contributed by atoms with Crippen LogP contribution in [0, 0.1) is 5.82 Å². The Kier molecular flexibility index (Phi) is 4.31. The third-order valence-electron chi connectivity index (χ3n) is 4.72. The average molecular weight is 417 g/mol. The Balaban J connectivity index is 1.93. The number of hydrogen-bond acceptors (Lipinski definition) is 3. The van der Waals surface area contributed by atoms with E-state index >= 15 is 0 Å². The van der Waals surface area contributed by atoms with Crippen LogP contribution in [0.15, 0.2) is 34.8 Å². The van der Waals surface area contributed by atoms with Crippen molar-refractivity contribution in [1.82, 2.24) is 9.55 Å². The van der Waals surface area contributed by atoms with E-state index in [2.05, 4.69) is 15.9 Å². The second-order valence-electron chi connectivity index (χ2n) is 6.55. The van der Waals surface area contributed by atoms with Gasteiger partial charge in [0.25, 0.3) is 0 Å². The summed E-state index contributed by atoms with van der Waals surface area (Å²) in [6, 6.07) is 8.60. The standard InChI is InChI=1S/C20H18BrFN2O2/c1-3-26-20(25)12-8-15(11-4-5-11)18-17(9-12)24(2)19(23-18)14-7-6-13(21)10-16(14)22/h6-11H,3-5H2,1-2H3. The molecule has 0 spiro atoms. The summed E-state index contributed by atoms with van der Waals surface area (Å²) in [5, 5.41) is 0. The molecule has 1 heterocycles. The molecule has 0 saturated heterocycles. The summed E-state index contributed by atoms with van der Waals surface area (Å²) < 4.78 is 22.2. The largest absolute Gasteiger partial charge is 0.462 e. The molecule has 1 saturated carbocycles. The Morgan fingerprint density at radius 3 is 2.77 bits per heavy atom. The third kappa shape index (κ3) is 2.92. The van der Waals surface area contributed by atoms with Gasteiger partial charge in [-0.2, -0.15) is 0 Å². The number of rotatable bonds is 4. The summed E-state index contributed by atoms with van der Waals surface area (Å²) in [5.41, 5.74) is 3.65. The fourth-order valence-electron chi connectivity index (χ4n) is 3.26. The Morgan fingerprint density at radius 1 is 1.35 bits per heavy atom. The summed E-state index contributed by atoms with van der Waals surface area (Å²) in [7, 11) is 1.85. The summed E-state index contributed by atoms with van der Waals surface area (Å²) in [6.07, 6.45) is 2.17. The summed E-state index contributed by atoms with van der Waals surface area (Å²) in [5.74, 6) is 0.280. The molecular weight excluding hydrogens is 399 g/mol. The molecule has 2 aromatic carbocycles. The van der Waals surface area contributed by atoms with E-state index in [-0.39, 0.29) is 11.8 Å². The number of esters is 1. The number of aryl methyl sites for hydroxylation is 1. The van der Waals surface area contributed by atoms with Gasteiger partial charge in [0.05, 0.1) is 28.8 Å². The van der Waals surface area contributed by atoms with Crippen molar-refractivity contribution < 1.29 is 13.9 Å². The molecule has 0 bridgehead atoms. The molecule has 6 heteroatoms. The molecular formula is C20H18BrFN2O2. The number of carbonyl (C=O) groups is 1. The van der Waals surface area contributed by atoms with Gasteiger partial charge in [0, 0.05) is 11.5 Å². The van der Waals surface area contributed by atoms with Crippen LogP contribution in [-0.2, 0) is 11.8 Å². The Labute approximate surface area is 159 Å². The van der Waals surface area contributed by atoms with Gasteiger partial charge in [-0.05, 0) is 61.6 Å². The van der Waals surface area contributed by atoms with Gasteiger partial charge >= 0.3 is 5.97 Å². The molecule has 134 valence electrons. The lowest BCUT2D eigenvalue weighted by Crippen LogP contribution is -2.06. The first-order valence-corrected chi connectivity index (χ1v) is 9.41. The van der Waals surface area contributed by atoms with Gasteiger partial charge in [0.15, 0.2) is 0 Å². The lowest BCUT2D eigenvalue weighted by molar-refractivity contribution is 0.0526. The first-order chi connectivity index (χ1) is 12.5. The van der Waals surface area contributed by atoms with E-state index in [4.69, 9.17) is 9.72 Å². The van der Waals surface area contributed by atoms with Gasteiger partial charge in [0.2, 0.25) is 0 Å². The molecule has 1 fully saturated rings. The minimum absolute atomic E-state index is 0.330. The molecule has 0 aliphatic heterocycles. The first kappa shape index (κ1) is 17.2. The molecule has 4 rings (SSSR count). The van der Waals surface area contributed by atoms with Gasteiger partial charge in [-0.25, -0.2) is 14.2 Å². The molecule has 4 nitrogen and oxygen atoms in total. The van der Waals surface area contributed by atoms with Crippen molar-refractivity contribution in [3.05, 3.63) is 51.7 Å². The van der Waals surface area contributed by atoms with Crippen molar-refractivity contribution in [3.8, 4) is 11.4 Å². The smallest absolute Gasteiger partial charge is 0.338 e. The SMILES string of the molecule is CCOC(=O)c1cc(C2CC2)c2nc(-c3ccc(Br)cc3F)n(C)c2c1. The molecule has 1 aliphatic carbocycles. The molecule has 0 radical (unpaired) electrons. The zero-order valence-electron chi connectivity index (χ0n) is 14.6. The molecule has 1 aromatic heterocycles. The number of hydrogen-bond donors (Lipinski definition) is 0. The topological polar surface area (TPSA) is 44.1 Å². The van der Waals surface area contributed by atoms with Crippen LogP contribution in [0.2, 0.25) is 0 Å². The van der Waals surface area contributed by atoms with E-state index < -0.39 is 0 Å². The Bertz CT molecular complexity index is 1020. The van der Waals surface area contributed by atoms with E-state index in [1.165, 1.54) is 6.07 Å². The van der Waals surface area contributed by atoms with Crippen LogP contribution >= 0.6 is 15.9 Å². The molecule has 0 unspecified atom stereocenters. The van der Waals surface area contributed by atoms with E-state index in [1.54, 1.807) is 25.1 Å². The summed E-state index contributed by atoms with van der Waals surface area (Å²) in [4.78, 5) is 17.0. The number of carbonyl (C=O) groups excluding carboxylic acids is 1. The van der Waals surface area contributed by atoms with Crippen LogP contribution in [0.25, 0.3) is 22.4 Å². The van der Waals surface area contributed by atoms with Crippen LogP contribution in [0.5, 0.6) is 0 Å². The van der Waals surface area contributed by atoms with E-state index in [0.29, 0.717) is 33.9 Å². The van der Waals surface area contributed by atoms with Crippen LogP contribution in [0.4, 0.5) is 4.39 Å². The highest BCUT2D eigenvalue weighted by Crippen LogP contribution is 2.44. The fraction of sp³-hybridized carbons (Fsp3) is 0.300. The van der Waals surface area contributed by atoms with Crippen molar-refractivity contribution in [2.24, 2.45) is 7.05 Å². The van der Waals surface area contributed by atoms with E-state index in [1.807, 2.05) is 17.7 Å². The number of nitrogens with zero attached hydrogens (tertiary/aromatic N) is 2. The van der Waals surface area contributed by atoms with Crippen LogP contribution in [0.1, 0.15) is 41.6 Å². The number of ether oxygens (including phenoxy) is 1. The monoisotopic (exact) mass is 416 g/mol. The minimum Gasteiger partial charge on any atom is -0.462 e. The average Bonchev–Trinajstić information content (AvgIpc) is 3.40. The Morgan fingerprint density at radius 2 is 2.12 bits per heavy atom. The molecule has 0 N–H and O–H groups in total. The predicted molar refractivity (Wildman–Crippen MR) is 102 cm³/mol. The highest BCUT2D eigenvalue weighted by atomic mass is 79.9. The van der Waals surface area contributed by atoms with E-state index in [9.17, 15) is 9.18 Å². The molecule has 1 aliphatic rings. The minimum atomic E-state index is -0.339. The van der Waals surface area contributed by atoms with Crippen molar-refractivity contribution in [2.45, 2.75) is 25.7 Å². The molecule has 3 aromatic rings. The number of fused-ring (bicyclic) bond motifs is 1. The van der Waals surface area contributed by atoms with Crippen molar-refractivity contribution in [1.29, 1.82) is 0 Å². The van der Waals surface area contributed by atoms with Gasteiger partial charge in [0.1, 0.15) is 11.6 Å². The zero-order valence-corrected chi connectivity index (χ0v) is 16.1. The van der Waals surface area contributed by atoms with Gasteiger partial charge in [-0.1, -0.05) is 15.9 Å². The highest BCUT2D eigenvalue weighted by Gasteiger charge is 2.29. The third-order valence-corrected chi connectivity index (χ3v) is 5.21. The summed E-state index contributed by atoms with van der Waals surface area (Å²) in [6.45, 7) is 2.12.